The maximum atomic E-state index is 13.3. The van der Waals surface area contributed by atoms with Crippen molar-refractivity contribution in [1.29, 1.82) is 5.26 Å². The molecule has 132 valence electrons. The molecular weight excluding hydrogens is 318 g/mol. The van der Waals surface area contributed by atoms with Crippen LogP contribution in [0, 0.1) is 16.7 Å². The Hall–Kier alpha value is -2.20. The second-order valence-corrected chi connectivity index (χ2v) is 7.24. The quantitative estimate of drug-likeness (QED) is 0.807. The minimum absolute atomic E-state index is 0.284. The molecule has 4 heterocycles. The molecule has 0 radical (unpaired) electrons. The number of carbonyl (C=O) groups is 1. The zero-order chi connectivity index (χ0) is 17.3. The minimum atomic E-state index is -0.333. The molecule has 1 atom stereocenters. The van der Waals surface area contributed by atoms with E-state index in [1.165, 1.54) is 6.20 Å². The van der Waals surface area contributed by atoms with Crippen LogP contribution >= 0.6 is 0 Å². The van der Waals surface area contributed by atoms with Crippen LogP contribution in [-0.4, -0.2) is 59.7 Å². The van der Waals surface area contributed by atoms with E-state index in [0.29, 0.717) is 24.1 Å². The summed E-state index contributed by atoms with van der Waals surface area (Å²) in [7, 11) is 0. The predicted molar refractivity (Wildman–Crippen MR) is 90.8 cm³/mol. The molecule has 0 saturated carbocycles. The molecule has 0 bridgehead atoms. The van der Waals surface area contributed by atoms with Gasteiger partial charge < -0.3 is 14.5 Å². The first kappa shape index (κ1) is 16.3. The highest BCUT2D eigenvalue weighted by Crippen LogP contribution is 2.42. The molecule has 7 nitrogen and oxygen atoms in total. The Labute approximate surface area is 147 Å². The van der Waals surface area contributed by atoms with Gasteiger partial charge in [0.15, 0.2) is 11.5 Å². The predicted octanol–water partition coefficient (Wildman–Crippen LogP) is 1.35. The minimum Gasteiger partial charge on any atom is -0.381 e. The number of rotatable bonds is 2. The van der Waals surface area contributed by atoms with Crippen molar-refractivity contribution in [1.82, 2.24) is 14.9 Å². The van der Waals surface area contributed by atoms with Crippen LogP contribution < -0.4 is 4.90 Å². The van der Waals surface area contributed by atoms with Gasteiger partial charge in [-0.2, -0.15) is 5.26 Å². The second kappa shape index (κ2) is 6.60. The van der Waals surface area contributed by atoms with Crippen LogP contribution in [0.3, 0.4) is 0 Å². The SMILES string of the molecule is N#Cc1nccnc1N1CCC[C@@]2(CCN(C3CCOCC3)C2=O)C1. The number of ether oxygens (including phenoxy) is 1. The number of piperidine rings is 1. The van der Waals surface area contributed by atoms with E-state index < -0.39 is 0 Å². The summed E-state index contributed by atoms with van der Waals surface area (Å²) in [6, 6.07) is 2.44. The van der Waals surface area contributed by atoms with Crippen LogP contribution in [0.15, 0.2) is 12.4 Å². The van der Waals surface area contributed by atoms with Crippen molar-refractivity contribution >= 4 is 11.7 Å². The van der Waals surface area contributed by atoms with E-state index >= 15 is 0 Å². The number of amides is 1. The summed E-state index contributed by atoms with van der Waals surface area (Å²) in [6.07, 6.45) is 7.78. The van der Waals surface area contributed by atoms with Crippen molar-refractivity contribution in [2.75, 3.05) is 37.7 Å². The zero-order valence-corrected chi connectivity index (χ0v) is 14.4. The van der Waals surface area contributed by atoms with Crippen molar-refractivity contribution in [3.8, 4) is 6.07 Å². The summed E-state index contributed by atoms with van der Waals surface area (Å²) in [4.78, 5) is 25.9. The Bertz CT molecular complexity index is 697. The lowest BCUT2D eigenvalue weighted by molar-refractivity contribution is -0.139. The highest BCUT2D eigenvalue weighted by Gasteiger charge is 2.50. The largest absolute Gasteiger partial charge is 0.381 e. The third-order valence-electron chi connectivity index (χ3n) is 5.84. The Balaban J connectivity index is 1.54. The van der Waals surface area contributed by atoms with Gasteiger partial charge in [-0.05, 0) is 32.1 Å². The second-order valence-electron chi connectivity index (χ2n) is 7.24. The molecule has 1 spiro atoms. The molecule has 7 heteroatoms. The molecule has 3 saturated heterocycles. The molecule has 0 aliphatic carbocycles. The molecule has 4 rings (SSSR count). The normalized spacial score (nSPS) is 27.7. The van der Waals surface area contributed by atoms with E-state index in [9.17, 15) is 10.1 Å². The average Bonchev–Trinajstić information content (AvgIpc) is 2.98. The van der Waals surface area contributed by atoms with E-state index in [2.05, 4.69) is 25.8 Å². The van der Waals surface area contributed by atoms with Gasteiger partial charge in [0.05, 0.1) is 5.41 Å². The fraction of sp³-hybridized carbons (Fsp3) is 0.667. The zero-order valence-electron chi connectivity index (χ0n) is 14.4. The molecule has 3 aliphatic rings. The van der Waals surface area contributed by atoms with E-state index in [1.54, 1.807) is 6.20 Å². The van der Waals surface area contributed by atoms with Crippen LogP contribution in [0.4, 0.5) is 5.82 Å². The van der Waals surface area contributed by atoms with E-state index in [4.69, 9.17) is 4.74 Å². The van der Waals surface area contributed by atoms with Crippen LogP contribution in [0.25, 0.3) is 0 Å². The first-order valence-corrected chi connectivity index (χ1v) is 9.08. The van der Waals surface area contributed by atoms with Gasteiger partial charge in [-0.25, -0.2) is 9.97 Å². The first-order chi connectivity index (χ1) is 12.2. The molecular formula is C18H23N5O2. The highest BCUT2D eigenvalue weighted by atomic mass is 16.5. The van der Waals surface area contributed by atoms with Crippen LogP contribution in [0.2, 0.25) is 0 Å². The standard InChI is InChI=1S/C18H23N5O2/c19-12-15-16(21-7-6-20-15)22-8-1-4-18(13-22)5-9-23(17(18)24)14-2-10-25-11-3-14/h6-7,14H,1-5,8-11,13H2/t18-/m1/s1. The fourth-order valence-electron chi connectivity index (χ4n) is 4.52. The molecule has 1 aromatic heterocycles. The Kier molecular flexibility index (Phi) is 4.30. The Morgan fingerprint density at radius 3 is 2.80 bits per heavy atom. The Morgan fingerprint density at radius 2 is 2.00 bits per heavy atom. The smallest absolute Gasteiger partial charge is 0.230 e. The van der Waals surface area contributed by atoms with Crippen molar-refractivity contribution < 1.29 is 9.53 Å². The number of hydrogen-bond acceptors (Lipinski definition) is 6. The van der Waals surface area contributed by atoms with E-state index in [1.807, 2.05) is 0 Å². The lowest BCUT2D eigenvalue weighted by atomic mass is 9.78. The number of hydrogen-bond donors (Lipinski definition) is 0. The third kappa shape index (κ3) is 2.85. The third-order valence-corrected chi connectivity index (χ3v) is 5.84. The maximum absolute atomic E-state index is 13.3. The summed E-state index contributed by atoms with van der Waals surface area (Å²) in [5.41, 5.74) is 0.00661. The van der Waals surface area contributed by atoms with Crippen LogP contribution in [-0.2, 0) is 9.53 Å². The molecule has 1 amide bonds. The summed E-state index contributed by atoms with van der Waals surface area (Å²) in [6.45, 7) is 3.79. The number of anilines is 1. The number of nitrogens with zero attached hydrogens (tertiary/aromatic N) is 5. The fourth-order valence-corrected chi connectivity index (χ4v) is 4.52. The number of carbonyl (C=O) groups excluding carboxylic acids is 1. The van der Waals surface area contributed by atoms with Crippen molar-refractivity contribution in [2.24, 2.45) is 5.41 Å². The Morgan fingerprint density at radius 1 is 1.20 bits per heavy atom. The van der Waals surface area contributed by atoms with Crippen molar-refractivity contribution in [3.63, 3.8) is 0 Å². The monoisotopic (exact) mass is 341 g/mol. The number of likely N-dealkylation sites (tertiary alicyclic amines) is 1. The average molecular weight is 341 g/mol. The lowest BCUT2D eigenvalue weighted by Crippen LogP contribution is -2.50. The molecule has 1 aromatic rings. The summed E-state index contributed by atoms with van der Waals surface area (Å²) in [5, 5.41) is 9.30. The van der Waals surface area contributed by atoms with Crippen LogP contribution in [0.5, 0.6) is 0 Å². The van der Waals surface area contributed by atoms with Crippen molar-refractivity contribution in [2.45, 2.75) is 38.1 Å². The van der Waals surface area contributed by atoms with E-state index in [-0.39, 0.29) is 11.3 Å². The van der Waals surface area contributed by atoms with Gasteiger partial charge in [-0.15, -0.1) is 0 Å². The molecule has 3 fully saturated rings. The molecule has 0 N–H and O–H groups in total. The van der Waals surface area contributed by atoms with Gasteiger partial charge in [0.2, 0.25) is 5.91 Å². The molecule has 0 aromatic carbocycles. The van der Waals surface area contributed by atoms with Gasteiger partial charge in [0.1, 0.15) is 6.07 Å². The van der Waals surface area contributed by atoms with Gasteiger partial charge in [0.25, 0.3) is 0 Å². The summed E-state index contributed by atoms with van der Waals surface area (Å²) < 4.78 is 5.44. The van der Waals surface area contributed by atoms with Gasteiger partial charge >= 0.3 is 0 Å². The number of nitriles is 1. The van der Waals surface area contributed by atoms with Gasteiger partial charge in [0, 0.05) is 51.3 Å². The van der Waals surface area contributed by atoms with E-state index in [0.717, 1.165) is 58.4 Å². The topological polar surface area (TPSA) is 82.3 Å². The van der Waals surface area contributed by atoms with Gasteiger partial charge in [-0.3, -0.25) is 4.79 Å². The maximum Gasteiger partial charge on any atom is 0.230 e. The first-order valence-electron chi connectivity index (χ1n) is 9.08. The van der Waals surface area contributed by atoms with Crippen LogP contribution in [0.1, 0.15) is 37.8 Å². The number of aromatic nitrogens is 2. The van der Waals surface area contributed by atoms with Crippen molar-refractivity contribution in [3.05, 3.63) is 18.1 Å². The highest BCUT2D eigenvalue weighted by molar-refractivity contribution is 5.86. The summed E-state index contributed by atoms with van der Waals surface area (Å²) >= 11 is 0. The molecule has 25 heavy (non-hydrogen) atoms. The summed E-state index contributed by atoms with van der Waals surface area (Å²) in [5.74, 6) is 0.896. The van der Waals surface area contributed by atoms with Gasteiger partial charge in [-0.1, -0.05) is 0 Å². The lowest BCUT2D eigenvalue weighted by Gasteiger charge is -2.40. The molecule has 0 unspecified atom stereocenters. The molecule has 3 aliphatic heterocycles.